The number of halogens is 1. The minimum Gasteiger partial charge on any atom is -0.387 e. The molecule has 0 radical (unpaired) electrons. The predicted octanol–water partition coefficient (Wildman–Crippen LogP) is 1.39. The minimum atomic E-state index is -0.187. The maximum Gasteiger partial charge on any atom is 0.253 e. The van der Waals surface area contributed by atoms with Crippen LogP contribution in [0.5, 0.6) is 0 Å². The van der Waals surface area contributed by atoms with Gasteiger partial charge in [0.2, 0.25) is 5.91 Å². The maximum absolute atomic E-state index is 12.2. The molecule has 0 saturated carbocycles. The Morgan fingerprint density at radius 3 is 2.89 bits per heavy atom. The van der Waals surface area contributed by atoms with Crippen LogP contribution in [0.2, 0.25) is 5.02 Å². The SMILES string of the molecule is CNc1ccc(Cl)cc1C(=O)NC1CCC(=O)NC1. The van der Waals surface area contributed by atoms with Crippen molar-refractivity contribution in [1.29, 1.82) is 0 Å². The number of benzene rings is 1. The zero-order chi connectivity index (χ0) is 13.8. The van der Waals surface area contributed by atoms with E-state index in [2.05, 4.69) is 16.0 Å². The van der Waals surface area contributed by atoms with Gasteiger partial charge in [-0.25, -0.2) is 0 Å². The Labute approximate surface area is 116 Å². The summed E-state index contributed by atoms with van der Waals surface area (Å²) in [6.45, 7) is 0.472. The number of piperidine rings is 1. The van der Waals surface area contributed by atoms with Gasteiger partial charge in [-0.05, 0) is 24.6 Å². The highest BCUT2D eigenvalue weighted by Gasteiger charge is 2.21. The van der Waals surface area contributed by atoms with Gasteiger partial charge in [-0.15, -0.1) is 0 Å². The molecule has 0 aromatic heterocycles. The second-order valence-electron chi connectivity index (χ2n) is 4.45. The molecule has 0 spiro atoms. The second kappa shape index (κ2) is 5.93. The van der Waals surface area contributed by atoms with Crippen LogP contribution in [0.4, 0.5) is 5.69 Å². The Balaban J connectivity index is 2.07. The molecule has 1 saturated heterocycles. The topological polar surface area (TPSA) is 70.2 Å². The lowest BCUT2D eigenvalue weighted by molar-refractivity contribution is -0.122. The Hall–Kier alpha value is -1.75. The van der Waals surface area contributed by atoms with Gasteiger partial charge in [-0.1, -0.05) is 11.6 Å². The standard InChI is InChI=1S/C13H16ClN3O2/c1-15-11-4-2-8(14)6-10(11)13(19)17-9-3-5-12(18)16-7-9/h2,4,6,9,15H,3,5,7H2,1H3,(H,16,18)(H,17,19). The fraction of sp³-hybridized carbons (Fsp3) is 0.385. The third-order valence-corrected chi connectivity index (χ3v) is 3.33. The zero-order valence-corrected chi connectivity index (χ0v) is 11.4. The number of carbonyl (C=O) groups excluding carboxylic acids is 2. The van der Waals surface area contributed by atoms with Crippen molar-refractivity contribution in [2.24, 2.45) is 0 Å². The molecule has 1 heterocycles. The molecule has 102 valence electrons. The number of rotatable bonds is 3. The number of nitrogens with one attached hydrogen (secondary N) is 3. The van der Waals surface area contributed by atoms with Crippen molar-refractivity contribution >= 4 is 29.1 Å². The van der Waals surface area contributed by atoms with Crippen LogP contribution < -0.4 is 16.0 Å². The highest BCUT2D eigenvalue weighted by Crippen LogP contribution is 2.20. The first-order valence-corrected chi connectivity index (χ1v) is 6.53. The first kappa shape index (κ1) is 13.7. The van der Waals surface area contributed by atoms with Crippen LogP contribution in [0, 0.1) is 0 Å². The van der Waals surface area contributed by atoms with Crippen LogP contribution in [0.3, 0.4) is 0 Å². The highest BCUT2D eigenvalue weighted by molar-refractivity contribution is 6.31. The van der Waals surface area contributed by atoms with Crippen LogP contribution in [-0.2, 0) is 4.79 Å². The van der Waals surface area contributed by atoms with E-state index in [0.29, 0.717) is 30.0 Å². The molecule has 1 atom stereocenters. The summed E-state index contributed by atoms with van der Waals surface area (Å²) in [5.41, 5.74) is 1.23. The Kier molecular flexibility index (Phi) is 4.27. The third-order valence-electron chi connectivity index (χ3n) is 3.10. The van der Waals surface area contributed by atoms with Crippen LogP contribution >= 0.6 is 11.6 Å². The van der Waals surface area contributed by atoms with Crippen LogP contribution in [0.1, 0.15) is 23.2 Å². The lowest BCUT2D eigenvalue weighted by Gasteiger charge is -2.24. The van der Waals surface area contributed by atoms with Gasteiger partial charge >= 0.3 is 0 Å². The van der Waals surface area contributed by atoms with Gasteiger partial charge in [0.05, 0.1) is 5.56 Å². The molecule has 1 aromatic carbocycles. The second-order valence-corrected chi connectivity index (χ2v) is 4.89. The summed E-state index contributed by atoms with van der Waals surface area (Å²) < 4.78 is 0. The summed E-state index contributed by atoms with van der Waals surface area (Å²) in [6.07, 6.45) is 1.10. The largest absolute Gasteiger partial charge is 0.387 e. The highest BCUT2D eigenvalue weighted by atomic mass is 35.5. The van der Waals surface area contributed by atoms with Crippen molar-refractivity contribution in [3.63, 3.8) is 0 Å². The Morgan fingerprint density at radius 2 is 2.26 bits per heavy atom. The number of hydrogen-bond donors (Lipinski definition) is 3. The van der Waals surface area contributed by atoms with Crippen LogP contribution in [0.25, 0.3) is 0 Å². The van der Waals surface area contributed by atoms with E-state index >= 15 is 0 Å². The van der Waals surface area contributed by atoms with E-state index in [9.17, 15) is 9.59 Å². The molecule has 0 bridgehead atoms. The molecule has 1 aromatic rings. The average Bonchev–Trinajstić information content (AvgIpc) is 2.41. The van der Waals surface area contributed by atoms with E-state index in [-0.39, 0.29) is 17.9 Å². The zero-order valence-electron chi connectivity index (χ0n) is 10.6. The summed E-state index contributed by atoms with van der Waals surface area (Å²) in [7, 11) is 1.75. The molecule has 5 nitrogen and oxygen atoms in total. The van der Waals surface area contributed by atoms with Crippen molar-refractivity contribution in [1.82, 2.24) is 10.6 Å². The molecule has 1 aliphatic heterocycles. The maximum atomic E-state index is 12.2. The number of anilines is 1. The molecule has 19 heavy (non-hydrogen) atoms. The summed E-state index contributed by atoms with van der Waals surface area (Å²) in [6, 6.07) is 5.09. The fourth-order valence-electron chi connectivity index (χ4n) is 2.04. The quantitative estimate of drug-likeness (QED) is 0.784. The van der Waals surface area contributed by atoms with Crippen LogP contribution in [-0.4, -0.2) is 31.4 Å². The molecular weight excluding hydrogens is 266 g/mol. The first-order valence-electron chi connectivity index (χ1n) is 6.15. The van der Waals surface area contributed by atoms with Gasteiger partial charge in [0.1, 0.15) is 0 Å². The Morgan fingerprint density at radius 1 is 1.47 bits per heavy atom. The van der Waals surface area contributed by atoms with E-state index in [1.165, 1.54) is 0 Å². The monoisotopic (exact) mass is 281 g/mol. The molecule has 2 amide bonds. The smallest absolute Gasteiger partial charge is 0.253 e. The van der Waals surface area contributed by atoms with Crippen molar-refractivity contribution < 1.29 is 9.59 Å². The van der Waals surface area contributed by atoms with Gasteiger partial charge in [0, 0.05) is 36.8 Å². The van der Waals surface area contributed by atoms with Gasteiger partial charge < -0.3 is 16.0 Å². The van der Waals surface area contributed by atoms with Crippen molar-refractivity contribution in [3.05, 3.63) is 28.8 Å². The normalized spacial score (nSPS) is 18.6. The van der Waals surface area contributed by atoms with E-state index in [0.717, 1.165) is 5.69 Å². The third kappa shape index (κ3) is 3.38. The molecular formula is C13H16ClN3O2. The molecule has 3 N–H and O–H groups in total. The number of amides is 2. The summed E-state index contributed by atoms with van der Waals surface area (Å²) in [5.74, 6) is -0.155. The van der Waals surface area contributed by atoms with Crippen molar-refractivity contribution in [2.45, 2.75) is 18.9 Å². The number of carbonyl (C=O) groups is 2. The summed E-state index contributed by atoms with van der Waals surface area (Å²) in [5, 5.41) is 9.11. The molecule has 1 unspecified atom stereocenters. The van der Waals surface area contributed by atoms with Gasteiger partial charge in [-0.3, -0.25) is 9.59 Å². The van der Waals surface area contributed by atoms with Crippen molar-refractivity contribution in [3.8, 4) is 0 Å². The van der Waals surface area contributed by atoms with Gasteiger partial charge in [0.25, 0.3) is 5.91 Å². The van der Waals surface area contributed by atoms with Gasteiger partial charge in [-0.2, -0.15) is 0 Å². The lowest BCUT2D eigenvalue weighted by atomic mass is 10.1. The molecule has 1 fully saturated rings. The molecule has 0 aliphatic carbocycles. The van der Waals surface area contributed by atoms with Crippen LogP contribution in [0.15, 0.2) is 18.2 Å². The summed E-state index contributed by atoms with van der Waals surface area (Å²) >= 11 is 5.91. The lowest BCUT2D eigenvalue weighted by Crippen LogP contribution is -2.47. The molecule has 1 aliphatic rings. The Bertz CT molecular complexity index is 495. The van der Waals surface area contributed by atoms with E-state index in [4.69, 9.17) is 11.6 Å². The van der Waals surface area contributed by atoms with Gasteiger partial charge in [0.15, 0.2) is 0 Å². The van der Waals surface area contributed by atoms with E-state index in [1.54, 1.807) is 25.2 Å². The minimum absolute atomic E-state index is 0.0316. The number of hydrogen-bond acceptors (Lipinski definition) is 3. The first-order chi connectivity index (χ1) is 9.10. The van der Waals surface area contributed by atoms with E-state index in [1.807, 2.05) is 0 Å². The average molecular weight is 282 g/mol. The van der Waals surface area contributed by atoms with Crippen molar-refractivity contribution in [2.75, 3.05) is 18.9 Å². The predicted molar refractivity (Wildman–Crippen MR) is 74.5 cm³/mol. The molecule has 2 rings (SSSR count). The summed E-state index contributed by atoms with van der Waals surface area (Å²) in [4.78, 5) is 23.3. The van der Waals surface area contributed by atoms with E-state index < -0.39 is 0 Å². The molecule has 6 heteroatoms. The fourth-order valence-corrected chi connectivity index (χ4v) is 2.21.